The van der Waals surface area contributed by atoms with Crippen molar-refractivity contribution in [3.8, 4) is 5.75 Å². The average molecular weight is 264 g/mol. The highest BCUT2D eigenvalue weighted by Crippen LogP contribution is 2.21. The third kappa shape index (κ3) is 5.64. The van der Waals surface area contributed by atoms with Gasteiger partial charge < -0.3 is 15.4 Å². The van der Waals surface area contributed by atoms with Crippen LogP contribution in [-0.4, -0.2) is 18.7 Å². The molecule has 2 N–H and O–H groups in total. The van der Waals surface area contributed by atoms with Crippen molar-refractivity contribution in [1.29, 1.82) is 0 Å². The number of carbonyl (C=O) groups excluding carboxylic acids is 1. The number of urea groups is 1. The van der Waals surface area contributed by atoms with Gasteiger partial charge >= 0.3 is 6.03 Å². The van der Waals surface area contributed by atoms with Crippen molar-refractivity contribution in [2.24, 2.45) is 0 Å². The molecule has 0 atom stereocenters. The first kappa shape index (κ1) is 15.3. The molecule has 4 heteroatoms. The lowest BCUT2D eigenvalue weighted by Gasteiger charge is -2.13. The van der Waals surface area contributed by atoms with Crippen LogP contribution < -0.4 is 15.4 Å². The van der Waals surface area contributed by atoms with Crippen molar-refractivity contribution in [1.82, 2.24) is 5.32 Å². The zero-order chi connectivity index (χ0) is 14.3. The lowest BCUT2D eigenvalue weighted by atomic mass is 10.2. The fraction of sp³-hybridized carbons (Fsp3) is 0.533. The van der Waals surface area contributed by atoms with Crippen LogP contribution in [0.4, 0.5) is 10.5 Å². The van der Waals surface area contributed by atoms with Crippen molar-refractivity contribution in [3.05, 3.63) is 23.8 Å². The van der Waals surface area contributed by atoms with Gasteiger partial charge in [-0.1, -0.05) is 13.3 Å². The molecule has 0 aliphatic rings. The van der Waals surface area contributed by atoms with Gasteiger partial charge in [0.2, 0.25) is 0 Å². The molecule has 106 valence electrons. The molecule has 1 aromatic rings. The molecule has 0 aromatic heterocycles. The minimum Gasteiger partial charge on any atom is -0.494 e. The number of amides is 2. The van der Waals surface area contributed by atoms with Gasteiger partial charge in [-0.15, -0.1) is 0 Å². The van der Waals surface area contributed by atoms with Gasteiger partial charge in [0.15, 0.2) is 0 Å². The monoisotopic (exact) mass is 264 g/mol. The summed E-state index contributed by atoms with van der Waals surface area (Å²) in [6.07, 6.45) is 2.17. The highest BCUT2D eigenvalue weighted by molar-refractivity contribution is 5.90. The number of nitrogens with one attached hydrogen (secondary N) is 2. The first-order valence-electron chi connectivity index (χ1n) is 6.84. The van der Waals surface area contributed by atoms with E-state index in [1.165, 1.54) is 0 Å². The Balaban J connectivity index is 2.59. The van der Waals surface area contributed by atoms with Crippen LogP contribution in [0.15, 0.2) is 18.2 Å². The Morgan fingerprint density at radius 3 is 2.68 bits per heavy atom. The molecule has 2 amide bonds. The van der Waals surface area contributed by atoms with Crippen LogP contribution in [0.25, 0.3) is 0 Å². The van der Waals surface area contributed by atoms with Crippen LogP contribution >= 0.6 is 0 Å². The summed E-state index contributed by atoms with van der Waals surface area (Å²) in [6, 6.07) is 5.64. The number of rotatable bonds is 6. The van der Waals surface area contributed by atoms with Crippen molar-refractivity contribution < 1.29 is 9.53 Å². The zero-order valence-electron chi connectivity index (χ0n) is 12.2. The van der Waals surface area contributed by atoms with Crippen molar-refractivity contribution in [3.63, 3.8) is 0 Å². The average Bonchev–Trinajstić information content (AvgIpc) is 2.32. The molecule has 0 spiro atoms. The molecule has 0 saturated heterocycles. The Kier molecular flexibility index (Phi) is 6.19. The van der Waals surface area contributed by atoms with E-state index < -0.39 is 0 Å². The fourth-order valence-corrected chi connectivity index (χ4v) is 1.62. The molecule has 0 unspecified atom stereocenters. The van der Waals surface area contributed by atoms with E-state index in [1.807, 2.05) is 39.0 Å². The lowest BCUT2D eigenvalue weighted by Crippen LogP contribution is -2.34. The molecule has 19 heavy (non-hydrogen) atoms. The molecular formula is C15H24N2O2. The fourth-order valence-electron chi connectivity index (χ4n) is 1.62. The Hall–Kier alpha value is -1.71. The molecule has 1 rings (SSSR count). The van der Waals surface area contributed by atoms with Gasteiger partial charge in [0.05, 0.1) is 6.61 Å². The number of benzene rings is 1. The highest BCUT2D eigenvalue weighted by atomic mass is 16.5. The number of aryl methyl sites for hydroxylation is 1. The molecule has 0 saturated carbocycles. The lowest BCUT2D eigenvalue weighted by molar-refractivity contribution is 0.250. The molecule has 1 aromatic carbocycles. The highest BCUT2D eigenvalue weighted by Gasteiger charge is 2.06. The number of hydrogen-bond donors (Lipinski definition) is 2. The van der Waals surface area contributed by atoms with Crippen LogP contribution in [0, 0.1) is 6.92 Å². The number of carbonyl (C=O) groups is 1. The number of hydrogen-bond acceptors (Lipinski definition) is 2. The molecule has 0 bridgehead atoms. The maximum Gasteiger partial charge on any atom is 0.319 e. The summed E-state index contributed by atoms with van der Waals surface area (Å²) in [5.41, 5.74) is 1.80. The van der Waals surface area contributed by atoms with E-state index in [0.717, 1.165) is 36.4 Å². The number of ether oxygens (including phenoxy) is 1. The second-order valence-corrected chi connectivity index (χ2v) is 4.93. The van der Waals surface area contributed by atoms with Gasteiger partial charge in [0.25, 0.3) is 0 Å². The molecule has 0 aliphatic heterocycles. The van der Waals surface area contributed by atoms with Crippen LogP contribution in [0.3, 0.4) is 0 Å². The second kappa shape index (κ2) is 7.67. The summed E-state index contributed by atoms with van der Waals surface area (Å²) >= 11 is 0. The van der Waals surface area contributed by atoms with Gasteiger partial charge in [0, 0.05) is 11.7 Å². The van der Waals surface area contributed by atoms with E-state index in [4.69, 9.17) is 4.74 Å². The molecular weight excluding hydrogens is 240 g/mol. The predicted octanol–water partition coefficient (Wildman–Crippen LogP) is 3.70. The van der Waals surface area contributed by atoms with Gasteiger partial charge in [-0.05, 0) is 51.0 Å². The van der Waals surface area contributed by atoms with Gasteiger partial charge in [-0.3, -0.25) is 0 Å². The minimum absolute atomic E-state index is 0.122. The second-order valence-electron chi connectivity index (χ2n) is 4.93. The van der Waals surface area contributed by atoms with E-state index in [9.17, 15) is 4.79 Å². The molecule has 0 heterocycles. The molecule has 4 nitrogen and oxygen atoms in total. The van der Waals surface area contributed by atoms with Crippen molar-refractivity contribution in [2.75, 3.05) is 11.9 Å². The normalized spacial score (nSPS) is 10.4. The summed E-state index contributed by atoms with van der Waals surface area (Å²) in [5, 5.41) is 5.62. The summed E-state index contributed by atoms with van der Waals surface area (Å²) in [7, 11) is 0. The third-order valence-electron chi connectivity index (χ3n) is 2.63. The van der Waals surface area contributed by atoms with E-state index >= 15 is 0 Å². The van der Waals surface area contributed by atoms with Gasteiger partial charge in [-0.25, -0.2) is 4.79 Å². The topological polar surface area (TPSA) is 50.4 Å². The predicted molar refractivity (Wildman–Crippen MR) is 78.9 cm³/mol. The maximum atomic E-state index is 11.6. The van der Waals surface area contributed by atoms with Gasteiger partial charge in [0.1, 0.15) is 5.75 Å². The van der Waals surface area contributed by atoms with Crippen molar-refractivity contribution in [2.45, 2.75) is 46.6 Å². The standard InChI is InChI=1S/C15H24N2O2/c1-5-6-9-19-13-7-8-14(12(4)10-13)17-15(18)16-11(2)3/h7-8,10-11H,5-6,9H2,1-4H3,(H2,16,17,18). The van der Waals surface area contributed by atoms with E-state index in [0.29, 0.717) is 0 Å². The maximum absolute atomic E-state index is 11.6. The van der Waals surface area contributed by atoms with Crippen LogP contribution in [0.5, 0.6) is 5.75 Å². The summed E-state index contributed by atoms with van der Waals surface area (Å²) in [5.74, 6) is 0.848. The largest absolute Gasteiger partial charge is 0.494 e. The summed E-state index contributed by atoms with van der Waals surface area (Å²) < 4.78 is 5.62. The Morgan fingerprint density at radius 1 is 1.37 bits per heavy atom. The van der Waals surface area contributed by atoms with E-state index in [2.05, 4.69) is 17.6 Å². The Morgan fingerprint density at radius 2 is 2.11 bits per heavy atom. The van der Waals surface area contributed by atoms with Crippen LogP contribution in [0.1, 0.15) is 39.2 Å². The molecule has 0 radical (unpaired) electrons. The smallest absolute Gasteiger partial charge is 0.319 e. The molecule has 0 aliphatic carbocycles. The number of unbranched alkanes of at least 4 members (excludes halogenated alkanes) is 1. The SMILES string of the molecule is CCCCOc1ccc(NC(=O)NC(C)C)c(C)c1. The first-order valence-corrected chi connectivity index (χ1v) is 6.84. The van der Waals surface area contributed by atoms with Gasteiger partial charge in [-0.2, -0.15) is 0 Å². The van der Waals surface area contributed by atoms with E-state index in [1.54, 1.807) is 0 Å². The number of anilines is 1. The van der Waals surface area contributed by atoms with E-state index in [-0.39, 0.29) is 12.1 Å². The Bertz CT molecular complexity index is 417. The summed E-state index contributed by atoms with van der Waals surface area (Å²) in [4.78, 5) is 11.6. The van der Waals surface area contributed by atoms with Crippen LogP contribution in [-0.2, 0) is 0 Å². The third-order valence-corrected chi connectivity index (χ3v) is 2.63. The van der Waals surface area contributed by atoms with Crippen LogP contribution in [0.2, 0.25) is 0 Å². The zero-order valence-corrected chi connectivity index (χ0v) is 12.2. The Labute approximate surface area is 115 Å². The quantitative estimate of drug-likeness (QED) is 0.770. The minimum atomic E-state index is -0.183. The summed E-state index contributed by atoms with van der Waals surface area (Å²) in [6.45, 7) is 8.68. The molecule has 0 fully saturated rings. The first-order chi connectivity index (χ1) is 9.02. The van der Waals surface area contributed by atoms with Crippen molar-refractivity contribution >= 4 is 11.7 Å².